The maximum absolute atomic E-state index is 4.99. The fourth-order valence-electron chi connectivity index (χ4n) is 3.81. The van der Waals surface area contributed by atoms with E-state index in [9.17, 15) is 0 Å². The Morgan fingerprint density at radius 2 is 2.00 bits per heavy atom. The molecule has 5 rings (SSSR count). The Morgan fingerprint density at radius 3 is 2.77 bits per heavy atom. The van der Waals surface area contributed by atoms with E-state index in [0.717, 1.165) is 60.4 Å². The lowest BCUT2D eigenvalue weighted by atomic mass is 10.1. The van der Waals surface area contributed by atoms with E-state index >= 15 is 0 Å². The molecular formula is C20H24N6. The predicted molar refractivity (Wildman–Crippen MR) is 102 cm³/mol. The fourth-order valence-corrected chi connectivity index (χ4v) is 3.81. The molecule has 1 saturated carbocycles. The average molecular weight is 348 g/mol. The molecule has 6 nitrogen and oxygen atoms in total. The standard InChI is InChI=1S/C20H24N6/c1-14-13-25(11-10-22-14)19-5-4-18-23-17(12-15-2-3-15)20(26(18)24-19)16-6-8-21-9-7-16/h4-9,14-15,22H,2-3,10-13H2,1H3. The average Bonchev–Trinajstić information content (AvgIpc) is 3.40. The van der Waals surface area contributed by atoms with E-state index in [1.807, 2.05) is 16.9 Å². The molecule has 1 N–H and O–H groups in total. The van der Waals surface area contributed by atoms with Crippen LogP contribution in [0.4, 0.5) is 5.82 Å². The Labute approximate surface area is 153 Å². The number of imidazole rings is 1. The van der Waals surface area contributed by atoms with Crippen molar-refractivity contribution < 1.29 is 0 Å². The first-order valence-electron chi connectivity index (χ1n) is 9.55. The van der Waals surface area contributed by atoms with Gasteiger partial charge in [0, 0.05) is 43.6 Å². The van der Waals surface area contributed by atoms with Crippen LogP contribution < -0.4 is 10.2 Å². The van der Waals surface area contributed by atoms with Crippen molar-refractivity contribution in [2.24, 2.45) is 5.92 Å². The van der Waals surface area contributed by atoms with Gasteiger partial charge in [-0.1, -0.05) is 0 Å². The molecule has 3 aromatic heterocycles. The fraction of sp³-hybridized carbons (Fsp3) is 0.450. The third-order valence-corrected chi connectivity index (χ3v) is 5.36. The molecular weight excluding hydrogens is 324 g/mol. The van der Waals surface area contributed by atoms with Crippen LogP contribution in [0.1, 0.15) is 25.5 Å². The summed E-state index contributed by atoms with van der Waals surface area (Å²) >= 11 is 0. The second-order valence-corrected chi connectivity index (χ2v) is 7.55. The zero-order valence-corrected chi connectivity index (χ0v) is 15.1. The summed E-state index contributed by atoms with van der Waals surface area (Å²) in [5.41, 5.74) is 4.36. The van der Waals surface area contributed by atoms with Gasteiger partial charge in [0.15, 0.2) is 5.65 Å². The first-order valence-corrected chi connectivity index (χ1v) is 9.55. The highest BCUT2D eigenvalue weighted by Crippen LogP contribution is 2.36. The molecule has 1 unspecified atom stereocenters. The lowest BCUT2D eigenvalue weighted by Gasteiger charge is -2.32. The highest BCUT2D eigenvalue weighted by atomic mass is 15.3. The highest BCUT2D eigenvalue weighted by molar-refractivity contribution is 5.67. The Kier molecular flexibility index (Phi) is 3.85. The van der Waals surface area contributed by atoms with Gasteiger partial charge < -0.3 is 10.2 Å². The van der Waals surface area contributed by atoms with Gasteiger partial charge in [0.1, 0.15) is 5.82 Å². The van der Waals surface area contributed by atoms with Crippen molar-refractivity contribution in [3.8, 4) is 11.3 Å². The molecule has 1 aliphatic heterocycles. The van der Waals surface area contributed by atoms with Crippen molar-refractivity contribution in [1.82, 2.24) is 24.9 Å². The Balaban J connectivity index is 1.61. The molecule has 0 aromatic carbocycles. The first-order chi connectivity index (χ1) is 12.8. The molecule has 0 spiro atoms. The zero-order valence-electron chi connectivity index (χ0n) is 15.1. The molecule has 134 valence electrons. The predicted octanol–water partition coefficient (Wildman–Crippen LogP) is 2.54. The molecule has 6 heteroatoms. The van der Waals surface area contributed by atoms with Gasteiger partial charge in [-0.15, -0.1) is 5.10 Å². The number of anilines is 1. The van der Waals surface area contributed by atoms with Crippen molar-refractivity contribution in [2.45, 2.75) is 32.2 Å². The quantitative estimate of drug-likeness (QED) is 0.785. The van der Waals surface area contributed by atoms with Gasteiger partial charge in [-0.05, 0) is 56.4 Å². The van der Waals surface area contributed by atoms with Crippen molar-refractivity contribution in [3.05, 3.63) is 42.4 Å². The van der Waals surface area contributed by atoms with Crippen molar-refractivity contribution >= 4 is 11.5 Å². The molecule has 2 fully saturated rings. The van der Waals surface area contributed by atoms with E-state index in [0.29, 0.717) is 6.04 Å². The summed E-state index contributed by atoms with van der Waals surface area (Å²) in [6, 6.07) is 8.81. The molecule has 4 heterocycles. The second-order valence-electron chi connectivity index (χ2n) is 7.55. The summed E-state index contributed by atoms with van der Waals surface area (Å²) in [4.78, 5) is 11.5. The summed E-state index contributed by atoms with van der Waals surface area (Å²) < 4.78 is 2.04. The van der Waals surface area contributed by atoms with E-state index in [4.69, 9.17) is 10.1 Å². The SMILES string of the molecule is CC1CN(c2ccc3nc(CC4CC4)c(-c4ccncc4)n3n2)CCN1. The van der Waals surface area contributed by atoms with Gasteiger partial charge in [0.25, 0.3) is 0 Å². The zero-order chi connectivity index (χ0) is 17.5. The number of nitrogens with zero attached hydrogens (tertiary/aromatic N) is 5. The van der Waals surface area contributed by atoms with Crippen LogP contribution in [0.25, 0.3) is 16.9 Å². The number of piperazine rings is 1. The maximum atomic E-state index is 4.99. The highest BCUT2D eigenvalue weighted by Gasteiger charge is 2.26. The van der Waals surface area contributed by atoms with Crippen LogP contribution in [0.3, 0.4) is 0 Å². The van der Waals surface area contributed by atoms with Crippen LogP contribution in [0, 0.1) is 5.92 Å². The third-order valence-electron chi connectivity index (χ3n) is 5.36. The summed E-state index contributed by atoms with van der Waals surface area (Å²) in [6.45, 7) is 5.18. The molecule has 0 radical (unpaired) electrons. The molecule has 1 saturated heterocycles. The third kappa shape index (κ3) is 2.94. The second kappa shape index (κ2) is 6.36. The van der Waals surface area contributed by atoms with Gasteiger partial charge in [-0.3, -0.25) is 4.98 Å². The van der Waals surface area contributed by atoms with E-state index in [1.54, 1.807) is 0 Å². The van der Waals surface area contributed by atoms with Gasteiger partial charge in [-0.25, -0.2) is 9.50 Å². The van der Waals surface area contributed by atoms with Crippen molar-refractivity contribution in [3.63, 3.8) is 0 Å². The maximum Gasteiger partial charge on any atom is 0.154 e. The number of hydrogen-bond acceptors (Lipinski definition) is 5. The minimum atomic E-state index is 0.481. The van der Waals surface area contributed by atoms with Crippen LogP contribution in [-0.4, -0.2) is 45.3 Å². The van der Waals surface area contributed by atoms with Gasteiger partial charge in [0.2, 0.25) is 0 Å². The number of rotatable bonds is 4. The molecule has 26 heavy (non-hydrogen) atoms. The first kappa shape index (κ1) is 15.8. The van der Waals surface area contributed by atoms with Crippen LogP contribution in [0.2, 0.25) is 0 Å². The molecule has 0 bridgehead atoms. The van der Waals surface area contributed by atoms with E-state index in [1.165, 1.54) is 12.8 Å². The molecule has 3 aromatic rings. The van der Waals surface area contributed by atoms with E-state index in [-0.39, 0.29) is 0 Å². The number of hydrogen-bond donors (Lipinski definition) is 1. The van der Waals surface area contributed by atoms with Gasteiger partial charge in [0.05, 0.1) is 11.4 Å². The Hall–Kier alpha value is -2.47. The largest absolute Gasteiger partial charge is 0.352 e. The summed E-state index contributed by atoms with van der Waals surface area (Å²) in [6.07, 6.45) is 7.37. The Morgan fingerprint density at radius 1 is 1.15 bits per heavy atom. The van der Waals surface area contributed by atoms with Crippen LogP contribution in [0.5, 0.6) is 0 Å². The smallest absolute Gasteiger partial charge is 0.154 e. The molecule has 2 aliphatic rings. The molecule has 1 aliphatic carbocycles. The van der Waals surface area contributed by atoms with E-state index < -0.39 is 0 Å². The van der Waals surface area contributed by atoms with Crippen molar-refractivity contribution in [1.29, 1.82) is 0 Å². The lowest BCUT2D eigenvalue weighted by molar-refractivity contribution is 0.481. The minimum absolute atomic E-state index is 0.481. The summed E-state index contributed by atoms with van der Waals surface area (Å²) in [7, 11) is 0. The summed E-state index contributed by atoms with van der Waals surface area (Å²) in [5, 5.41) is 8.48. The number of fused-ring (bicyclic) bond motifs is 1. The normalized spacial score (nSPS) is 20.7. The van der Waals surface area contributed by atoms with Crippen LogP contribution >= 0.6 is 0 Å². The lowest BCUT2D eigenvalue weighted by Crippen LogP contribution is -2.49. The monoisotopic (exact) mass is 348 g/mol. The Bertz CT molecular complexity index is 915. The van der Waals surface area contributed by atoms with Crippen LogP contribution in [-0.2, 0) is 6.42 Å². The topological polar surface area (TPSA) is 58.4 Å². The van der Waals surface area contributed by atoms with Gasteiger partial charge >= 0.3 is 0 Å². The molecule has 0 amide bonds. The number of nitrogens with one attached hydrogen (secondary N) is 1. The van der Waals surface area contributed by atoms with Crippen LogP contribution in [0.15, 0.2) is 36.7 Å². The number of aromatic nitrogens is 4. The number of pyridine rings is 1. The summed E-state index contributed by atoms with van der Waals surface area (Å²) in [5.74, 6) is 1.81. The molecule has 1 atom stereocenters. The minimum Gasteiger partial charge on any atom is -0.352 e. The van der Waals surface area contributed by atoms with E-state index in [2.05, 4.69) is 46.4 Å². The van der Waals surface area contributed by atoms with Crippen molar-refractivity contribution in [2.75, 3.05) is 24.5 Å². The van der Waals surface area contributed by atoms with Gasteiger partial charge in [-0.2, -0.15) is 0 Å².